The number of hydrogen-bond acceptors (Lipinski definition) is 8. The summed E-state index contributed by atoms with van der Waals surface area (Å²) >= 11 is 0. The van der Waals surface area contributed by atoms with Crippen molar-refractivity contribution in [3.05, 3.63) is 23.8 Å². The minimum Gasteiger partial charge on any atom is -0.493 e. The molecule has 1 aromatic rings. The Balaban J connectivity index is 2.27. The summed E-state index contributed by atoms with van der Waals surface area (Å²) in [4.78, 5) is 26.6. The van der Waals surface area contributed by atoms with Crippen molar-refractivity contribution in [1.29, 1.82) is 0 Å². The molecule has 0 aromatic heterocycles. The summed E-state index contributed by atoms with van der Waals surface area (Å²) in [5.41, 5.74) is 7.30. The number of amides is 2. The third kappa shape index (κ3) is 13.1. The first-order valence-corrected chi connectivity index (χ1v) is 16.8. The number of nitrogens with one attached hydrogen (secondary N) is 2. The summed E-state index contributed by atoms with van der Waals surface area (Å²) in [5, 5.41) is 18.0. The van der Waals surface area contributed by atoms with Crippen LogP contribution in [0.2, 0.25) is 0 Å². The van der Waals surface area contributed by atoms with Crippen molar-refractivity contribution >= 4 is 11.8 Å². The molecule has 0 radical (unpaired) electrons. The van der Waals surface area contributed by atoms with Crippen LogP contribution in [0.5, 0.6) is 11.5 Å². The normalized spacial score (nSPS) is 17.5. The van der Waals surface area contributed by atoms with Crippen LogP contribution in [0.25, 0.3) is 0 Å². The monoisotopic (exact) mass is 635 g/mol. The first-order valence-electron chi connectivity index (χ1n) is 16.8. The Hall–Kier alpha value is -2.40. The van der Waals surface area contributed by atoms with Gasteiger partial charge in [-0.1, -0.05) is 47.6 Å². The molecule has 1 aromatic carbocycles. The quantitative estimate of drug-likeness (QED) is 0.157. The number of nitrogens with two attached hydrogens (primary N) is 1. The number of hydrogen-bond donors (Lipinski definition) is 4. The molecule has 1 aliphatic heterocycles. The summed E-state index contributed by atoms with van der Waals surface area (Å²) in [6, 6.07) is 4.76. The first-order chi connectivity index (χ1) is 21.4. The van der Waals surface area contributed by atoms with Gasteiger partial charge in [-0.25, -0.2) is 0 Å². The molecule has 10 nitrogen and oxygen atoms in total. The molecule has 10 heteroatoms. The zero-order valence-corrected chi connectivity index (χ0v) is 29.0. The first kappa shape index (κ1) is 38.8. The Bertz CT molecular complexity index is 1010. The summed E-state index contributed by atoms with van der Waals surface area (Å²) in [7, 11) is 3.29. The number of carbonyl (C=O) groups is 2. The molecule has 1 aliphatic rings. The van der Waals surface area contributed by atoms with Crippen LogP contribution in [0, 0.1) is 29.6 Å². The van der Waals surface area contributed by atoms with Crippen LogP contribution >= 0.6 is 0 Å². The van der Waals surface area contributed by atoms with Gasteiger partial charge in [-0.05, 0) is 73.5 Å². The number of carbonyl (C=O) groups excluding carboxylic acids is 2. The Labute approximate surface area is 271 Å². The fraction of sp³-hybridized carbons (Fsp3) is 0.771. The topological polar surface area (TPSA) is 141 Å². The maximum atomic E-state index is 13.4. The maximum Gasteiger partial charge on any atom is 0.237 e. The lowest BCUT2D eigenvalue weighted by molar-refractivity contribution is -0.129. The third-order valence-corrected chi connectivity index (χ3v) is 8.99. The van der Waals surface area contributed by atoms with E-state index in [1.165, 1.54) is 0 Å². The zero-order chi connectivity index (χ0) is 33.5. The molecule has 2 amide bonds. The van der Waals surface area contributed by atoms with Crippen molar-refractivity contribution in [3.8, 4) is 11.5 Å². The molecule has 1 fully saturated rings. The third-order valence-electron chi connectivity index (χ3n) is 8.99. The van der Waals surface area contributed by atoms with Gasteiger partial charge in [0.15, 0.2) is 11.5 Å². The summed E-state index contributed by atoms with van der Waals surface area (Å²) in [6.45, 7) is 14.5. The average Bonchev–Trinajstić information content (AvgIpc) is 3.00. The van der Waals surface area contributed by atoms with Crippen LogP contribution in [-0.2, 0) is 25.5 Å². The maximum absolute atomic E-state index is 13.4. The van der Waals surface area contributed by atoms with Crippen LogP contribution in [0.4, 0.5) is 0 Å². The van der Waals surface area contributed by atoms with E-state index in [2.05, 4.69) is 24.5 Å². The van der Waals surface area contributed by atoms with Gasteiger partial charge in [0.05, 0.1) is 31.9 Å². The van der Waals surface area contributed by atoms with Crippen LogP contribution in [-0.4, -0.2) is 81.8 Å². The lowest BCUT2D eigenvalue weighted by Crippen LogP contribution is -2.53. The predicted octanol–water partition coefficient (Wildman–Crippen LogP) is 4.10. The highest BCUT2D eigenvalue weighted by Gasteiger charge is 2.34. The van der Waals surface area contributed by atoms with E-state index in [0.29, 0.717) is 50.8 Å². The lowest BCUT2D eigenvalue weighted by Gasteiger charge is -2.34. The minimum atomic E-state index is -0.932. The van der Waals surface area contributed by atoms with Gasteiger partial charge in [-0.3, -0.25) is 9.59 Å². The average molecular weight is 636 g/mol. The molecule has 3 unspecified atom stereocenters. The largest absolute Gasteiger partial charge is 0.493 e. The Morgan fingerprint density at radius 3 is 2.22 bits per heavy atom. The second-order valence-corrected chi connectivity index (χ2v) is 13.6. The van der Waals surface area contributed by atoms with Crippen LogP contribution < -0.4 is 25.8 Å². The summed E-state index contributed by atoms with van der Waals surface area (Å²) < 4.78 is 22.1. The second kappa shape index (κ2) is 20.0. The van der Waals surface area contributed by atoms with Crippen LogP contribution in [0.3, 0.4) is 0 Å². The smallest absolute Gasteiger partial charge is 0.237 e. The molecule has 2 rings (SSSR count). The van der Waals surface area contributed by atoms with E-state index in [4.69, 9.17) is 24.7 Å². The highest BCUT2D eigenvalue weighted by Crippen LogP contribution is 2.32. The number of benzene rings is 1. The van der Waals surface area contributed by atoms with Crippen molar-refractivity contribution in [1.82, 2.24) is 10.6 Å². The highest BCUT2D eigenvalue weighted by molar-refractivity contribution is 5.82. The lowest BCUT2D eigenvalue weighted by atomic mass is 9.80. The van der Waals surface area contributed by atoms with Gasteiger partial charge in [0.25, 0.3) is 0 Å². The molecular weight excluding hydrogens is 574 g/mol. The molecule has 0 spiro atoms. The van der Waals surface area contributed by atoms with Gasteiger partial charge in [0.2, 0.25) is 11.8 Å². The van der Waals surface area contributed by atoms with Gasteiger partial charge in [-0.15, -0.1) is 0 Å². The molecule has 0 saturated carbocycles. The minimum absolute atomic E-state index is 0.0104. The number of rotatable bonds is 20. The Kier molecular flexibility index (Phi) is 17.2. The molecule has 5 N–H and O–H groups in total. The number of aliphatic hydroxyl groups excluding tert-OH is 1. The Morgan fingerprint density at radius 2 is 1.64 bits per heavy atom. The fourth-order valence-electron chi connectivity index (χ4n) is 5.72. The van der Waals surface area contributed by atoms with Crippen molar-refractivity contribution in [3.63, 3.8) is 0 Å². The SMILES string of the molecule is COCCCOc1cc(CC(C[C@H](NC(=O)[C@@H](N)C(C)C)C(O)CC(C(=O)NC2CCOCC2)C(C)C)C(C)C)ccc1OC. The molecule has 5 atom stereocenters. The number of methoxy groups -OCH3 is 2. The van der Waals surface area contributed by atoms with Crippen molar-refractivity contribution in [2.24, 2.45) is 35.3 Å². The van der Waals surface area contributed by atoms with E-state index < -0.39 is 24.1 Å². The molecule has 1 heterocycles. The van der Waals surface area contributed by atoms with E-state index >= 15 is 0 Å². The molecule has 0 bridgehead atoms. The fourth-order valence-corrected chi connectivity index (χ4v) is 5.72. The molecular formula is C35H61N3O7. The highest BCUT2D eigenvalue weighted by atomic mass is 16.5. The zero-order valence-electron chi connectivity index (χ0n) is 29.0. The summed E-state index contributed by atoms with van der Waals surface area (Å²) in [5.74, 6) is 0.908. The van der Waals surface area contributed by atoms with Crippen LogP contribution in [0.15, 0.2) is 18.2 Å². The predicted molar refractivity (Wildman–Crippen MR) is 177 cm³/mol. The molecule has 258 valence electrons. The van der Waals surface area contributed by atoms with Crippen molar-refractivity contribution < 1.29 is 33.6 Å². The number of aliphatic hydroxyl groups is 1. The molecule has 1 saturated heterocycles. The van der Waals surface area contributed by atoms with E-state index in [1.54, 1.807) is 14.2 Å². The number of ether oxygens (including phenoxy) is 4. The molecule has 45 heavy (non-hydrogen) atoms. The van der Waals surface area contributed by atoms with Gasteiger partial charge in [0.1, 0.15) is 0 Å². The van der Waals surface area contributed by atoms with Gasteiger partial charge in [-0.2, -0.15) is 0 Å². The standard InChI is InChI=1S/C35H61N3O7/c1-22(2)26(18-25-10-11-31(43-8)32(19-25)45-15-9-14-42-7)20-29(38-35(41)33(36)24(5)6)30(39)21-28(23(3)4)34(40)37-27-12-16-44-17-13-27/h10-11,19,22-24,26-30,33,39H,9,12-18,20-21,36H2,1-8H3,(H,37,40)(H,38,41)/t26?,28?,29-,30?,33-/m0/s1. The van der Waals surface area contributed by atoms with Crippen LogP contribution in [0.1, 0.15) is 79.2 Å². The van der Waals surface area contributed by atoms with Crippen molar-refractivity contribution in [2.45, 2.75) is 104 Å². The van der Waals surface area contributed by atoms with Gasteiger partial charge in [0, 0.05) is 45.3 Å². The molecule has 0 aliphatic carbocycles. The Morgan fingerprint density at radius 1 is 0.956 bits per heavy atom. The van der Waals surface area contributed by atoms with Gasteiger partial charge < -0.3 is 40.4 Å². The van der Waals surface area contributed by atoms with E-state index in [-0.39, 0.29) is 47.9 Å². The second-order valence-electron chi connectivity index (χ2n) is 13.6. The van der Waals surface area contributed by atoms with Gasteiger partial charge >= 0.3 is 0 Å². The van der Waals surface area contributed by atoms with E-state index in [0.717, 1.165) is 24.8 Å². The summed E-state index contributed by atoms with van der Waals surface area (Å²) in [6.07, 6.45) is 2.87. The van der Waals surface area contributed by atoms with E-state index in [9.17, 15) is 14.7 Å². The van der Waals surface area contributed by atoms with Crippen molar-refractivity contribution in [2.75, 3.05) is 40.6 Å². The van der Waals surface area contributed by atoms with E-state index in [1.807, 2.05) is 45.9 Å².